The molecule has 0 bridgehead atoms. The molecule has 8 heteroatoms. The van der Waals surface area contributed by atoms with Crippen LogP contribution < -0.4 is 16.9 Å². The number of aryl methyl sites for hydroxylation is 3. The van der Waals surface area contributed by atoms with Gasteiger partial charge in [-0.25, -0.2) is 14.6 Å². The minimum Gasteiger partial charge on any atom is -0.423 e. The summed E-state index contributed by atoms with van der Waals surface area (Å²) in [6, 6.07) is 5.28. The van der Waals surface area contributed by atoms with E-state index < -0.39 is 16.9 Å². The van der Waals surface area contributed by atoms with E-state index in [0.29, 0.717) is 11.2 Å². The van der Waals surface area contributed by atoms with Crippen molar-refractivity contribution in [1.82, 2.24) is 18.7 Å². The van der Waals surface area contributed by atoms with Gasteiger partial charge in [0.2, 0.25) is 0 Å². The second kappa shape index (κ2) is 5.80. The Morgan fingerprint density at radius 2 is 1.78 bits per heavy atom. The molecule has 8 nitrogen and oxygen atoms in total. The number of aromatic nitrogens is 4. The fourth-order valence-electron chi connectivity index (χ4n) is 3.64. The molecule has 0 spiro atoms. The fourth-order valence-corrected chi connectivity index (χ4v) is 3.64. The van der Waals surface area contributed by atoms with Crippen molar-refractivity contribution in [1.29, 1.82) is 0 Å². The first-order chi connectivity index (χ1) is 12.8. The average molecular weight is 366 g/mol. The number of fused-ring (bicyclic) bond motifs is 2. The molecule has 3 aromatic heterocycles. The van der Waals surface area contributed by atoms with Crippen LogP contribution >= 0.6 is 0 Å². The summed E-state index contributed by atoms with van der Waals surface area (Å²) in [4.78, 5) is 40.8. The van der Waals surface area contributed by atoms with E-state index in [-0.39, 0.29) is 12.1 Å². The molecule has 27 heavy (non-hydrogen) atoms. The second-order valence-corrected chi connectivity index (χ2v) is 6.80. The van der Waals surface area contributed by atoms with Crippen LogP contribution in [0.25, 0.3) is 22.1 Å². The number of hydrogen-bond acceptors (Lipinski definition) is 5. The summed E-state index contributed by atoms with van der Waals surface area (Å²) in [6.07, 6.45) is 1.51. The van der Waals surface area contributed by atoms with Gasteiger partial charge in [0.1, 0.15) is 11.2 Å². The Hall–Kier alpha value is -3.42. The van der Waals surface area contributed by atoms with Crippen molar-refractivity contribution < 1.29 is 4.42 Å². The Balaban J connectivity index is 2.00. The Bertz CT molecular complexity index is 1400. The standard InChI is InChI=1S/C19H18N4O4/c1-10-5-11(2)15-12(7-14(24)27-13(15)6-10)8-23-9-20-16-17(23)21(3)19(26)22(4)18(16)25/h5-7,9H,8H2,1-4H3. The normalized spacial score (nSPS) is 11.6. The van der Waals surface area contributed by atoms with Crippen molar-refractivity contribution in [2.45, 2.75) is 20.4 Å². The van der Waals surface area contributed by atoms with Crippen molar-refractivity contribution in [2.24, 2.45) is 14.1 Å². The van der Waals surface area contributed by atoms with Gasteiger partial charge in [-0.15, -0.1) is 0 Å². The first kappa shape index (κ1) is 17.0. The summed E-state index contributed by atoms with van der Waals surface area (Å²) in [5, 5.41) is 0.843. The van der Waals surface area contributed by atoms with Gasteiger partial charge in [-0.05, 0) is 36.6 Å². The number of nitrogens with zero attached hydrogens (tertiary/aromatic N) is 4. The van der Waals surface area contributed by atoms with Crippen LogP contribution in [0.1, 0.15) is 16.7 Å². The van der Waals surface area contributed by atoms with E-state index in [1.165, 1.54) is 24.0 Å². The van der Waals surface area contributed by atoms with E-state index >= 15 is 0 Å². The molecule has 0 aliphatic rings. The first-order valence-corrected chi connectivity index (χ1v) is 8.42. The molecule has 0 amide bonds. The van der Waals surface area contributed by atoms with Gasteiger partial charge in [-0.3, -0.25) is 13.9 Å². The predicted molar refractivity (Wildman–Crippen MR) is 101 cm³/mol. The van der Waals surface area contributed by atoms with Gasteiger partial charge in [-0.1, -0.05) is 6.07 Å². The zero-order valence-electron chi connectivity index (χ0n) is 15.4. The Morgan fingerprint density at radius 3 is 2.52 bits per heavy atom. The zero-order chi connectivity index (χ0) is 19.5. The molecule has 0 aliphatic carbocycles. The summed E-state index contributed by atoms with van der Waals surface area (Å²) in [7, 11) is 3.01. The third-order valence-electron chi connectivity index (χ3n) is 4.82. The molecule has 0 atom stereocenters. The molecule has 138 valence electrons. The first-order valence-electron chi connectivity index (χ1n) is 8.42. The maximum absolute atomic E-state index is 12.3. The quantitative estimate of drug-likeness (QED) is 0.497. The third-order valence-corrected chi connectivity index (χ3v) is 4.82. The summed E-state index contributed by atoms with van der Waals surface area (Å²) < 4.78 is 9.47. The highest BCUT2D eigenvalue weighted by atomic mass is 16.4. The average Bonchev–Trinajstić information content (AvgIpc) is 3.00. The lowest BCUT2D eigenvalue weighted by Crippen LogP contribution is -2.37. The largest absolute Gasteiger partial charge is 0.423 e. The van der Waals surface area contributed by atoms with Crippen molar-refractivity contribution in [3.05, 3.63) is 72.5 Å². The van der Waals surface area contributed by atoms with Gasteiger partial charge in [0.05, 0.1) is 12.9 Å². The van der Waals surface area contributed by atoms with Gasteiger partial charge in [0, 0.05) is 25.5 Å². The van der Waals surface area contributed by atoms with E-state index in [2.05, 4.69) is 4.98 Å². The summed E-state index contributed by atoms with van der Waals surface area (Å²) in [6.45, 7) is 4.17. The molecule has 4 rings (SSSR count). The molecule has 0 saturated carbocycles. The molecule has 0 fully saturated rings. The molecular formula is C19H18N4O4. The van der Waals surface area contributed by atoms with Crippen LogP contribution in [-0.4, -0.2) is 18.7 Å². The Morgan fingerprint density at radius 1 is 1.04 bits per heavy atom. The van der Waals surface area contributed by atoms with Crippen LogP contribution in [0.5, 0.6) is 0 Å². The molecule has 0 unspecified atom stereocenters. The van der Waals surface area contributed by atoms with Crippen LogP contribution in [0.2, 0.25) is 0 Å². The molecule has 0 radical (unpaired) electrons. The number of hydrogen-bond donors (Lipinski definition) is 0. The second-order valence-electron chi connectivity index (χ2n) is 6.80. The molecule has 0 aliphatic heterocycles. The maximum atomic E-state index is 12.3. The molecule has 3 heterocycles. The third kappa shape index (κ3) is 2.52. The summed E-state index contributed by atoms with van der Waals surface area (Å²) in [5.41, 5.74) is 2.53. The van der Waals surface area contributed by atoms with E-state index in [4.69, 9.17) is 4.42 Å². The van der Waals surface area contributed by atoms with Crippen LogP contribution in [-0.2, 0) is 20.6 Å². The van der Waals surface area contributed by atoms with Gasteiger partial charge in [0.25, 0.3) is 5.56 Å². The SMILES string of the molecule is Cc1cc(C)c2c(Cn3cnc4c(=O)n(C)c(=O)n(C)c43)cc(=O)oc2c1. The van der Waals surface area contributed by atoms with E-state index in [1.807, 2.05) is 26.0 Å². The van der Waals surface area contributed by atoms with Crippen LogP contribution in [0.15, 0.2) is 43.3 Å². The molecule has 0 saturated heterocycles. The monoisotopic (exact) mass is 366 g/mol. The minimum absolute atomic E-state index is 0.208. The topological polar surface area (TPSA) is 92.0 Å². The van der Waals surface area contributed by atoms with Crippen LogP contribution in [0.3, 0.4) is 0 Å². The smallest absolute Gasteiger partial charge is 0.336 e. The van der Waals surface area contributed by atoms with Crippen molar-refractivity contribution in [3.63, 3.8) is 0 Å². The Kier molecular flexibility index (Phi) is 3.66. The van der Waals surface area contributed by atoms with Crippen molar-refractivity contribution >= 4 is 22.1 Å². The lowest BCUT2D eigenvalue weighted by molar-refractivity contribution is 0.557. The van der Waals surface area contributed by atoms with Gasteiger partial charge in [0.15, 0.2) is 5.52 Å². The number of benzene rings is 1. The van der Waals surface area contributed by atoms with E-state index in [9.17, 15) is 14.4 Å². The maximum Gasteiger partial charge on any atom is 0.336 e. The lowest BCUT2D eigenvalue weighted by atomic mass is 10.0. The molecular weight excluding hydrogens is 348 g/mol. The van der Waals surface area contributed by atoms with Crippen molar-refractivity contribution in [3.8, 4) is 0 Å². The van der Waals surface area contributed by atoms with E-state index in [0.717, 1.165) is 26.6 Å². The van der Waals surface area contributed by atoms with Crippen LogP contribution in [0.4, 0.5) is 0 Å². The van der Waals surface area contributed by atoms with Crippen molar-refractivity contribution in [2.75, 3.05) is 0 Å². The molecule has 1 aromatic carbocycles. The minimum atomic E-state index is -0.448. The molecule has 4 aromatic rings. The number of imidazole rings is 1. The lowest BCUT2D eigenvalue weighted by Gasteiger charge is -2.12. The summed E-state index contributed by atoms with van der Waals surface area (Å²) in [5.74, 6) is 0. The van der Waals surface area contributed by atoms with Gasteiger partial charge in [-0.2, -0.15) is 0 Å². The van der Waals surface area contributed by atoms with Gasteiger partial charge >= 0.3 is 11.3 Å². The predicted octanol–water partition coefficient (Wildman–Crippen LogP) is 1.21. The highest BCUT2D eigenvalue weighted by Gasteiger charge is 2.16. The zero-order valence-corrected chi connectivity index (χ0v) is 15.4. The molecule has 0 N–H and O–H groups in total. The highest BCUT2D eigenvalue weighted by molar-refractivity contribution is 5.84. The summed E-state index contributed by atoms with van der Waals surface area (Å²) >= 11 is 0. The number of rotatable bonds is 2. The fraction of sp³-hybridized carbons (Fsp3) is 0.263. The van der Waals surface area contributed by atoms with Gasteiger partial charge < -0.3 is 8.98 Å². The highest BCUT2D eigenvalue weighted by Crippen LogP contribution is 2.24. The van der Waals surface area contributed by atoms with E-state index in [1.54, 1.807) is 11.6 Å². The van der Waals surface area contributed by atoms with Crippen LogP contribution in [0, 0.1) is 13.8 Å². The Labute approximate surface area is 152 Å².